The van der Waals surface area contributed by atoms with Gasteiger partial charge in [-0.15, -0.1) is 0 Å². The lowest BCUT2D eigenvalue weighted by Crippen LogP contribution is -2.28. The lowest BCUT2D eigenvalue weighted by atomic mass is 10.2. The van der Waals surface area contributed by atoms with Gasteiger partial charge in [0.1, 0.15) is 0 Å². The number of carboxylic acid groups (broad SMARTS) is 1. The van der Waals surface area contributed by atoms with Gasteiger partial charge in [-0.25, -0.2) is 9.59 Å². The molecule has 2 rings (SSSR count). The first-order valence-electron chi connectivity index (χ1n) is 5.70. The van der Waals surface area contributed by atoms with Crippen molar-refractivity contribution in [2.24, 2.45) is 0 Å². The first kappa shape index (κ1) is 15.1. The van der Waals surface area contributed by atoms with E-state index < -0.39 is 12.0 Å². The van der Waals surface area contributed by atoms with E-state index in [1.54, 1.807) is 5.38 Å². The molecule has 0 radical (unpaired) electrons. The Morgan fingerprint density at radius 3 is 2.76 bits per heavy atom. The van der Waals surface area contributed by atoms with Crippen molar-refractivity contribution in [1.29, 1.82) is 0 Å². The highest BCUT2D eigenvalue weighted by Crippen LogP contribution is 2.23. The Morgan fingerprint density at radius 1 is 1.38 bits per heavy atom. The molecule has 0 aliphatic rings. The van der Waals surface area contributed by atoms with Crippen molar-refractivity contribution >= 4 is 40.6 Å². The number of benzene rings is 1. The van der Waals surface area contributed by atoms with Gasteiger partial charge >= 0.3 is 16.9 Å². The number of carbonyl (C=O) groups excluding carboxylic acids is 1. The van der Waals surface area contributed by atoms with Crippen LogP contribution in [0.4, 0.5) is 10.5 Å². The summed E-state index contributed by atoms with van der Waals surface area (Å²) in [6.07, 6.45) is 0. The highest BCUT2D eigenvalue weighted by molar-refractivity contribution is 7.07. The molecule has 21 heavy (non-hydrogen) atoms. The van der Waals surface area contributed by atoms with Gasteiger partial charge in [-0.1, -0.05) is 22.9 Å². The Kier molecular flexibility index (Phi) is 4.61. The van der Waals surface area contributed by atoms with E-state index in [9.17, 15) is 14.4 Å². The quantitative estimate of drug-likeness (QED) is 0.689. The maximum absolute atomic E-state index is 11.7. The van der Waals surface area contributed by atoms with Crippen molar-refractivity contribution in [3.63, 3.8) is 0 Å². The third kappa shape index (κ3) is 4.07. The summed E-state index contributed by atoms with van der Waals surface area (Å²) in [5.41, 5.74) is 0.773. The molecule has 4 N–H and O–H groups in total. The number of urea groups is 1. The Balaban J connectivity index is 2.00. The monoisotopic (exact) mass is 327 g/mol. The number of aromatic nitrogens is 1. The van der Waals surface area contributed by atoms with Crippen LogP contribution in [0, 0.1) is 0 Å². The number of nitrogens with one attached hydrogen (secondary N) is 3. The van der Waals surface area contributed by atoms with Crippen LogP contribution in [0.2, 0.25) is 5.02 Å². The van der Waals surface area contributed by atoms with Crippen LogP contribution in [0.25, 0.3) is 0 Å². The summed E-state index contributed by atoms with van der Waals surface area (Å²) in [6, 6.07) is 3.42. The fraction of sp³-hybridized carbons (Fsp3) is 0.0833. The van der Waals surface area contributed by atoms with E-state index in [4.69, 9.17) is 16.7 Å². The molecule has 0 atom stereocenters. The molecule has 1 aromatic heterocycles. The van der Waals surface area contributed by atoms with Crippen LogP contribution in [0.15, 0.2) is 28.4 Å². The van der Waals surface area contributed by atoms with Crippen LogP contribution in [-0.2, 0) is 6.54 Å². The summed E-state index contributed by atoms with van der Waals surface area (Å²) in [6.45, 7) is 0.140. The third-order valence-corrected chi connectivity index (χ3v) is 3.52. The first-order chi connectivity index (χ1) is 9.95. The zero-order chi connectivity index (χ0) is 15.4. The van der Waals surface area contributed by atoms with E-state index in [2.05, 4.69) is 15.6 Å². The largest absolute Gasteiger partial charge is 0.478 e. The first-order valence-corrected chi connectivity index (χ1v) is 6.96. The number of hydrogen-bond acceptors (Lipinski definition) is 4. The molecule has 1 heterocycles. The molecule has 0 spiro atoms. The maximum Gasteiger partial charge on any atom is 0.335 e. The molecule has 0 saturated heterocycles. The lowest BCUT2D eigenvalue weighted by molar-refractivity contribution is 0.0697. The SMILES string of the molecule is O=C(NCc1csc(=O)[nH]1)Nc1cc(C(=O)O)ccc1Cl. The number of carbonyl (C=O) groups is 2. The molecule has 0 bridgehead atoms. The maximum atomic E-state index is 11.7. The van der Waals surface area contributed by atoms with Crippen LogP contribution >= 0.6 is 22.9 Å². The van der Waals surface area contributed by atoms with Gasteiger partial charge in [-0.3, -0.25) is 4.79 Å². The molecule has 0 unspecified atom stereocenters. The fourth-order valence-electron chi connectivity index (χ4n) is 1.50. The van der Waals surface area contributed by atoms with E-state index in [0.717, 1.165) is 11.3 Å². The molecular formula is C12H10ClN3O4S. The Morgan fingerprint density at radius 2 is 2.14 bits per heavy atom. The van der Waals surface area contributed by atoms with Gasteiger partial charge in [0, 0.05) is 11.1 Å². The summed E-state index contributed by atoms with van der Waals surface area (Å²) in [4.78, 5) is 35.8. The van der Waals surface area contributed by atoms with Crippen molar-refractivity contribution in [2.45, 2.75) is 6.54 Å². The number of aromatic amines is 1. The van der Waals surface area contributed by atoms with Crippen LogP contribution in [-0.4, -0.2) is 22.1 Å². The van der Waals surface area contributed by atoms with E-state index in [1.807, 2.05) is 0 Å². The standard InChI is InChI=1S/C12H10ClN3O4S/c13-8-2-1-6(10(17)18)3-9(8)16-11(19)14-4-7-5-21-12(20)15-7/h1-3,5H,4H2,(H,15,20)(H,17,18)(H2,14,16,19). The summed E-state index contributed by atoms with van der Waals surface area (Å²) in [5, 5.41) is 15.7. The predicted molar refractivity (Wildman–Crippen MR) is 79.2 cm³/mol. The van der Waals surface area contributed by atoms with Gasteiger partial charge in [0.2, 0.25) is 0 Å². The predicted octanol–water partition coefficient (Wildman–Crippen LogP) is 2.11. The second-order valence-corrected chi connectivity index (χ2v) is 5.23. The Labute approximate surface area is 127 Å². The highest BCUT2D eigenvalue weighted by atomic mass is 35.5. The molecule has 0 saturated carbocycles. The van der Waals surface area contributed by atoms with Gasteiger partial charge in [0.25, 0.3) is 0 Å². The number of hydrogen-bond donors (Lipinski definition) is 4. The number of rotatable bonds is 4. The van der Waals surface area contributed by atoms with Gasteiger partial charge in [-0.2, -0.15) is 0 Å². The van der Waals surface area contributed by atoms with E-state index in [-0.39, 0.29) is 27.7 Å². The van der Waals surface area contributed by atoms with Crippen LogP contribution in [0.1, 0.15) is 16.1 Å². The zero-order valence-electron chi connectivity index (χ0n) is 10.5. The second-order valence-electron chi connectivity index (χ2n) is 3.98. The highest BCUT2D eigenvalue weighted by Gasteiger charge is 2.10. The van der Waals surface area contributed by atoms with Gasteiger partial charge in [0.05, 0.1) is 22.8 Å². The Bertz CT molecular complexity index is 740. The summed E-state index contributed by atoms with van der Waals surface area (Å²) < 4.78 is 0. The average Bonchev–Trinajstić information content (AvgIpc) is 2.84. The van der Waals surface area contributed by atoms with Crippen molar-refractivity contribution in [3.05, 3.63) is 49.5 Å². The third-order valence-electron chi connectivity index (χ3n) is 2.47. The normalized spacial score (nSPS) is 10.1. The lowest BCUT2D eigenvalue weighted by Gasteiger charge is -2.09. The number of H-pyrrole nitrogens is 1. The minimum absolute atomic E-state index is 0.0110. The van der Waals surface area contributed by atoms with Gasteiger partial charge in [0.15, 0.2) is 0 Å². The van der Waals surface area contributed by atoms with Crippen molar-refractivity contribution in [1.82, 2.24) is 10.3 Å². The molecule has 9 heteroatoms. The molecule has 2 amide bonds. The summed E-state index contributed by atoms with van der Waals surface area (Å²) in [7, 11) is 0. The molecule has 0 fully saturated rings. The molecular weight excluding hydrogens is 318 g/mol. The zero-order valence-corrected chi connectivity index (χ0v) is 12.0. The van der Waals surface area contributed by atoms with Crippen LogP contribution in [0.3, 0.4) is 0 Å². The summed E-state index contributed by atoms with van der Waals surface area (Å²) >= 11 is 6.88. The molecule has 2 aromatic rings. The average molecular weight is 328 g/mol. The van der Waals surface area contributed by atoms with E-state index >= 15 is 0 Å². The van der Waals surface area contributed by atoms with Gasteiger partial charge < -0.3 is 20.7 Å². The van der Waals surface area contributed by atoms with Crippen molar-refractivity contribution < 1.29 is 14.7 Å². The van der Waals surface area contributed by atoms with E-state index in [0.29, 0.717) is 5.69 Å². The molecule has 1 aromatic carbocycles. The number of amides is 2. The molecule has 0 aliphatic carbocycles. The number of thiazole rings is 1. The Hall–Kier alpha value is -2.32. The fourth-order valence-corrected chi connectivity index (χ4v) is 2.24. The molecule has 110 valence electrons. The summed E-state index contributed by atoms with van der Waals surface area (Å²) in [5.74, 6) is -1.12. The van der Waals surface area contributed by atoms with E-state index in [1.165, 1.54) is 18.2 Å². The van der Waals surface area contributed by atoms with Crippen molar-refractivity contribution in [2.75, 3.05) is 5.32 Å². The van der Waals surface area contributed by atoms with Crippen LogP contribution < -0.4 is 15.5 Å². The topological polar surface area (TPSA) is 111 Å². The second kappa shape index (κ2) is 6.42. The molecule has 7 nitrogen and oxygen atoms in total. The van der Waals surface area contributed by atoms with Gasteiger partial charge in [-0.05, 0) is 18.2 Å². The number of anilines is 1. The minimum Gasteiger partial charge on any atom is -0.478 e. The van der Waals surface area contributed by atoms with Crippen LogP contribution in [0.5, 0.6) is 0 Å². The number of halogens is 1. The number of carboxylic acids is 1. The van der Waals surface area contributed by atoms with Crippen molar-refractivity contribution in [3.8, 4) is 0 Å². The number of aromatic carboxylic acids is 1. The minimum atomic E-state index is -1.12. The smallest absolute Gasteiger partial charge is 0.335 e. The molecule has 0 aliphatic heterocycles.